The molecule has 1 aromatic heterocycles. The Kier molecular flexibility index (Phi) is 6.56. The van der Waals surface area contributed by atoms with Crippen LogP contribution >= 0.6 is 34.5 Å². The Morgan fingerprint density at radius 2 is 1.97 bits per heavy atom. The molecule has 1 aliphatic heterocycles. The minimum absolute atomic E-state index is 0.0368. The molecule has 3 aromatic rings. The van der Waals surface area contributed by atoms with Gasteiger partial charge in [-0.3, -0.25) is 5.01 Å². The lowest BCUT2D eigenvalue weighted by Crippen LogP contribution is -2.40. The Morgan fingerprint density at radius 3 is 2.61 bits per heavy atom. The predicted octanol–water partition coefficient (Wildman–Crippen LogP) is 4.95. The molecule has 200 valence electrons. The SMILES string of the molecule is N/C(=C(/COC1CC2CC1CN2c1nc2c(O)cc(C(=O)O)cc2s1)N(N)c1c(Cl)cccc1Cl)C1CC1. The maximum atomic E-state index is 11.4. The Labute approximate surface area is 233 Å². The normalized spacial score (nSPS) is 23.2. The molecule has 12 heteroatoms. The maximum Gasteiger partial charge on any atom is 0.335 e. The molecule has 3 unspecified atom stereocenters. The van der Waals surface area contributed by atoms with E-state index in [9.17, 15) is 15.0 Å². The number of benzene rings is 2. The fourth-order valence-electron chi connectivity index (χ4n) is 5.55. The summed E-state index contributed by atoms with van der Waals surface area (Å²) in [6.07, 6.45) is 3.87. The largest absolute Gasteiger partial charge is 0.506 e. The number of piperidine rings is 1. The summed E-state index contributed by atoms with van der Waals surface area (Å²) >= 11 is 14.2. The molecule has 1 saturated heterocycles. The number of fused-ring (bicyclic) bond motifs is 3. The summed E-state index contributed by atoms with van der Waals surface area (Å²) < 4.78 is 7.08. The minimum Gasteiger partial charge on any atom is -0.506 e. The van der Waals surface area contributed by atoms with Gasteiger partial charge in [-0.2, -0.15) is 0 Å². The fraction of sp³-hybridized carbons (Fsp3) is 0.385. The van der Waals surface area contributed by atoms with Crippen LogP contribution in [0.1, 0.15) is 36.0 Å². The second-order valence-corrected chi connectivity index (χ2v) is 12.0. The number of aromatic nitrogens is 1. The summed E-state index contributed by atoms with van der Waals surface area (Å²) in [5.74, 6) is 5.90. The molecule has 0 spiro atoms. The van der Waals surface area contributed by atoms with E-state index in [4.69, 9.17) is 39.5 Å². The topological polar surface area (TPSA) is 138 Å². The first kappa shape index (κ1) is 25.5. The fourth-order valence-corrected chi connectivity index (χ4v) is 7.24. The Balaban J connectivity index is 1.17. The number of carboxylic acids is 1. The number of allylic oxidation sites excluding steroid dienone is 1. The van der Waals surface area contributed by atoms with Crippen LogP contribution in [0.15, 0.2) is 41.7 Å². The van der Waals surface area contributed by atoms with E-state index in [1.165, 1.54) is 22.4 Å². The lowest BCUT2D eigenvalue weighted by Gasteiger charge is -2.32. The van der Waals surface area contributed by atoms with E-state index in [0.29, 0.717) is 43.3 Å². The average molecular weight is 577 g/mol. The summed E-state index contributed by atoms with van der Waals surface area (Å²) in [5.41, 5.74) is 8.88. The van der Waals surface area contributed by atoms with Crippen molar-refractivity contribution in [3.8, 4) is 5.75 Å². The van der Waals surface area contributed by atoms with Crippen LogP contribution in [0.3, 0.4) is 0 Å². The van der Waals surface area contributed by atoms with Crippen LogP contribution in [0.2, 0.25) is 10.0 Å². The van der Waals surface area contributed by atoms with Crippen LogP contribution in [0.5, 0.6) is 5.75 Å². The molecule has 2 aromatic carbocycles. The smallest absolute Gasteiger partial charge is 0.335 e. The number of carboxylic acid groups (broad SMARTS) is 1. The number of hydrogen-bond acceptors (Lipinski definition) is 9. The number of para-hydroxylation sites is 1. The molecule has 2 bridgehead atoms. The number of nitrogens with zero attached hydrogens (tertiary/aromatic N) is 3. The Hall–Kier alpha value is -2.76. The van der Waals surface area contributed by atoms with Gasteiger partial charge in [-0.1, -0.05) is 40.6 Å². The van der Waals surface area contributed by atoms with Gasteiger partial charge >= 0.3 is 5.97 Å². The van der Waals surface area contributed by atoms with Crippen molar-refractivity contribution in [3.05, 3.63) is 57.3 Å². The number of aromatic hydroxyl groups is 1. The molecule has 3 aliphatic rings. The van der Waals surface area contributed by atoms with Crippen LogP contribution in [0.25, 0.3) is 10.2 Å². The summed E-state index contributed by atoms with van der Waals surface area (Å²) in [7, 11) is 0. The Bertz CT molecular complexity index is 1440. The van der Waals surface area contributed by atoms with Crippen LogP contribution in [0, 0.1) is 11.8 Å². The van der Waals surface area contributed by atoms with E-state index in [1.54, 1.807) is 24.3 Å². The number of phenolic OH excluding ortho intramolecular Hbond substituents is 1. The number of aromatic carboxylic acids is 1. The third kappa shape index (κ3) is 4.54. The number of nitrogens with two attached hydrogens (primary N) is 2. The van der Waals surface area contributed by atoms with E-state index in [1.807, 2.05) is 0 Å². The molecule has 0 radical (unpaired) electrons. The lowest BCUT2D eigenvalue weighted by atomic mass is 10.1. The standard InChI is InChI=1S/C26H27Cl2N5O4S/c27-16-2-1-3-17(28)24(16)33(30)18(22(29)12-4-5-12)11-37-20-9-15-6-14(20)10-32(15)26-31-23-19(34)7-13(25(35)36)8-21(23)38-26/h1-3,7-8,12,14-15,20,34H,4-6,9-11,29-30H2,(H,35,36)/b22-18-. The summed E-state index contributed by atoms with van der Waals surface area (Å²) in [6.45, 7) is 1.02. The van der Waals surface area contributed by atoms with E-state index >= 15 is 0 Å². The number of ether oxygens (including phenoxy) is 1. The molecule has 6 rings (SSSR count). The van der Waals surface area contributed by atoms with Crippen molar-refractivity contribution in [1.29, 1.82) is 0 Å². The number of hydrazine groups is 1. The highest BCUT2D eigenvalue weighted by molar-refractivity contribution is 7.22. The van der Waals surface area contributed by atoms with Crippen LogP contribution in [-0.2, 0) is 4.74 Å². The number of carbonyl (C=O) groups is 1. The summed E-state index contributed by atoms with van der Waals surface area (Å²) in [5, 5.41) is 22.7. The number of rotatable bonds is 8. The maximum absolute atomic E-state index is 11.4. The van der Waals surface area contributed by atoms with E-state index < -0.39 is 5.97 Å². The number of halogens is 2. The quantitative estimate of drug-likeness (QED) is 0.217. The summed E-state index contributed by atoms with van der Waals surface area (Å²) in [4.78, 5) is 18.2. The van der Waals surface area contributed by atoms with Crippen molar-refractivity contribution in [3.63, 3.8) is 0 Å². The van der Waals surface area contributed by atoms with Crippen molar-refractivity contribution in [2.75, 3.05) is 23.1 Å². The van der Waals surface area contributed by atoms with Gasteiger partial charge in [-0.05, 0) is 49.9 Å². The monoisotopic (exact) mass is 575 g/mol. The average Bonchev–Trinajstić information content (AvgIpc) is 3.32. The molecule has 38 heavy (non-hydrogen) atoms. The lowest BCUT2D eigenvalue weighted by molar-refractivity contribution is 0.0372. The van der Waals surface area contributed by atoms with Gasteiger partial charge in [0, 0.05) is 30.1 Å². The van der Waals surface area contributed by atoms with Crippen molar-refractivity contribution in [2.24, 2.45) is 23.4 Å². The minimum atomic E-state index is -1.08. The van der Waals surface area contributed by atoms with Crippen molar-refractivity contribution >= 4 is 61.5 Å². The molecule has 0 amide bonds. The molecule has 2 aliphatic carbocycles. The molecular formula is C26H27Cl2N5O4S. The third-order valence-corrected chi connectivity index (χ3v) is 9.34. The molecule has 9 nitrogen and oxygen atoms in total. The Morgan fingerprint density at radius 1 is 1.24 bits per heavy atom. The van der Waals surface area contributed by atoms with Crippen LogP contribution in [0.4, 0.5) is 10.8 Å². The van der Waals surface area contributed by atoms with Crippen molar-refractivity contribution in [1.82, 2.24) is 4.98 Å². The second kappa shape index (κ2) is 9.77. The van der Waals surface area contributed by atoms with Crippen LogP contribution in [-0.4, -0.2) is 46.5 Å². The van der Waals surface area contributed by atoms with Gasteiger partial charge in [0.2, 0.25) is 0 Å². The van der Waals surface area contributed by atoms with E-state index in [0.717, 1.165) is 37.4 Å². The first-order chi connectivity index (χ1) is 18.2. The first-order valence-corrected chi connectivity index (χ1v) is 14.0. The predicted molar refractivity (Wildman–Crippen MR) is 149 cm³/mol. The molecule has 2 saturated carbocycles. The van der Waals surface area contributed by atoms with Gasteiger partial charge in [0.1, 0.15) is 11.3 Å². The van der Waals surface area contributed by atoms with Gasteiger partial charge in [-0.15, -0.1) is 0 Å². The first-order valence-electron chi connectivity index (χ1n) is 12.4. The molecule has 3 atom stereocenters. The van der Waals surface area contributed by atoms with Gasteiger partial charge in [-0.25, -0.2) is 15.6 Å². The zero-order chi connectivity index (χ0) is 26.7. The highest BCUT2D eigenvalue weighted by atomic mass is 35.5. The van der Waals surface area contributed by atoms with Crippen molar-refractivity contribution in [2.45, 2.75) is 37.8 Å². The van der Waals surface area contributed by atoms with Crippen LogP contribution < -0.4 is 21.5 Å². The number of hydrogen-bond donors (Lipinski definition) is 4. The third-order valence-electron chi connectivity index (χ3n) is 7.69. The van der Waals surface area contributed by atoms with Gasteiger partial charge in [0.05, 0.1) is 44.4 Å². The number of anilines is 2. The molecule has 3 fully saturated rings. The van der Waals surface area contributed by atoms with E-state index in [-0.39, 0.29) is 36.0 Å². The van der Waals surface area contributed by atoms with Gasteiger partial charge < -0.3 is 25.6 Å². The zero-order valence-corrected chi connectivity index (χ0v) is 22.6. The van der Waals surface area contributed by atoms with Gasteiger partial charge in [0.25, 0.3) is 0 Å². The zero-order valence-electron chi connectivity index (χ0n) is 20.3. The second-order valence-electron chi connectivity index (χ2n) is 10.1. The van der Waals surface area contributed by atoms with Gasteiger partial charge in [0.15, 0.2) is 5.13 Å². The van der Waals surface area contributed by atoms with E-state index in [2.05, 4.69) is 9.88 Å². The summed E-state index contributed by atoms with van der Waals surface area (Å²) in [6, 6.07) is 8.29. The molecule has 2 heterocycles. The van der Waals surface area contributed by atoms with Crippen molar-refractivity contribution < 1.29 is 19.7 Å². The molecular weight excluding hydrogens is 549 g/mol. The number of phenols is 1. The molecule has 6 N–H and O–H groups in total. The highest BCUT2D eigenvalue weighted by Gasteiger charge is 2.46. The number of thiazole rings is 1. The highest BCUT2D eigenvalue weighted by Crippen LogP contribution is 2.46.